The summed E-state index contributed by atoms with van der Waals surface area (Å²) in [6.45, 7) is 0.504. The molecule has 1 N–H and O–H groups in total. The molecule has 2 rings (SSSR count). The zero-order valence-corrected chi connectivity index (χ0v) is 12.9. The highest BCUT2D eigenvalue weighted by molar-refractivity contribution is 9.10. The van der Waals surface area contributed by atoms with Gasteiger partial charge in [0, 0.05) is 11.0 Å². The summed E-state index contributed by atoms with van der Waals surface area (Å²) in [5.41, 5.74) is 2.23. The van der Waals surface area contributed by atoms with Gasteiger partial charge in [-0.15, -0.1) is 0 Å². The first-order valence-corrected chi connectivity index (χ1v) is 7.03. The fourth-order valence-electron chi connectivity index (χ4n) is 1.64. The van der Waals surface area contributed by atoms with E-state index in [0.717, 1.165) is 15.7 Å². The van der Waals surface area contributed by atoms with Crippen molar-refractivity contribution in [3.8, 4) is 6.07 Å². The van der Waals surface area contributed by atoms with E-state index in [1.165, 1.54) is 0 Å². The minimum Gasteiger partial charge on any atom is -0.380 e. The van der Waals surface area contributed by atoms with Gasteiger partial charge >= 0.3 is 0 Å². The Balaban J connectivity index is 2.21. The third kappa shape index (κ3) is 3.42. The summed E-state index contributed by atoms with van der Waals surface area (Å²) >= 11 is 15.5. The molecule has 0 aliphatic carbocycles. The van der Waals surface area contributed by atoms with Crippen LogP contribution < -0.4 is 5.32 Å². The normalized spacial score (nSPS) is 10.0. The van der Waals surface area contributed by atoms with Gasteiger partial charge in [-0.25, -0.2) is 0 Å². The number of nitriles is 1. The predicted molar refractivity (Wildman–Crippen MR) is 82.6 cm³/mol. The SMILES string of the molecule is N#Cc1ccc(Br)cc1NCc1cccc(Cl)c1Cl. The van der Waals surface area contributed by atoms with Crippen LogP contribution in [-0.4, -0.2) is 0 Å². The third-order valence-electron chi connectivity index (χ3n) is 2.60. The number of rotatable bonds is 3. The number of hydrogen-bond donors (Lipinski definition) is 1. The van der Waals surface area contributed by atoms with Gasteiger partial charge in [0.2, 0.25) is 0 Å². The summed E-state index contributed by atoms with van der Waals surface area (Å²) in [6.07, 6.45) is 0. The summed E-state index contributed by atoms with van der Waals surface area (Å²) in [4.78, 5) is 0. The molecule has 0 aromatic heterocycles. The molecular formula is C14H9BrCl2N2. The molecule has 0 amide bonds. The molecule has 0 saturated heterocycles. The molecule has 0 saturated carbocycles. The molecule has 0 radical (unpaired) electrons. The van der Waals surface area contributed by atoms with Gasteiger partial charge in [-0.05, 0) is 29.8 Å². The summed E-state index contributed by atoms with van der Waals surface area (Å²) in [5.74, 6) is 0. The molecule has 2 aromatic carbocycles. The lowest BCUT2D eigenvalue weighted by molar-refractivity contribution is 1.14. The molecule has 0 atom stereocenters. The zero-order chi connectivity index (χ0) is 13.8. The number of anilines is 1. The van der Waals surface area contributed by atoms with E-state index in [2.05, 4.69) is 27.3 Å². The second-order valence-corrected chi connectivity index (χ2v) is 5.57. The lowest BCUT2D eigenvalue weighted by atomic mass is 10.1. The quantitative estimate of drug-likeness (QED) is 0.817. The van der Waals surface area contributed by atoms with Crippen molar-refractivity contribution in [3.05, 3.63) is 62.0 Å². The lowest BCUT2D eigenvalue weighted by Gasteiger charge is -2.10. The van der Waals surface area contributed by atoms with E-state index in [1.807, 2.05) is 24.3 Å². The van der Waals surface area contributed by atoms with Gasteiger partial charge < -0.3 is 5.32 Å². The van der Waals surface area contributed by atoms with E-state index >= 15 is 0 Å². The molecule has 96 valence electrons. The molecule has 0 aliphatic heterocycles. The predicted octanol–water partition coefficient (Wildman–Crippen LogP) is 5.24. The summed E-state index contributed by atoms with van der Waals surface area (Å²) in [7, 11) is 0. The van der Waals surface area contributed by atoms with E-state index < -0.39 is 0 Å². The average molecular weight is 356 g/mol. The Labute approximate surface area is 130 Å². The minimum atomic E-state index is 0.504. The first-order valence-electron chi connectivity index (χ1n) is 5.48. The van der Waals surface area contributed by atoms with E-state index in [1.54, 1.807) is 12.1 Å². The molecule has 0 heterocycles. The number of nitrogens with one attached hydrogen (secondary N) is 1. The van der Waals surface area contributed by atoms with Gasteiger partial charge in [0.05, 0.1) is 21.3 Å². The third-order valence-corrected chi connectivity index (χ3v) is 3.95. The highest BCUT2D eigenvalue weighted by Crippen LogP contribution is 2.27. The van der Waals surface area contributed by atoms with Crippen LogP contribution in [0.4, 0.5) is 5.69 Å². The summed E-state index contributed by atoms with van der Waals surface area (Å²) < 4.78 is 0.909. The molecule has 0 aliphatic rings. The topological polar surface area (TPSA) is 35.8 Å². The van der Waals surface area contributed by atoms with Crippen molar-refractivity contribution in [1.29, 1.82) is 5.26 Å². The van der Waals surface area contributed by atoms with Crippen molar-refractivity contribution in [2.75, 3.05) is 5.32 Å². The van der Waals surface area contributed by atoms with Crippen LogP contribution in [0.15, 0.2) is 40.9 Å². The van der Waals surface area contributed by atoms with Gasteiger partial charge in [-0.2, -0.15) is 5.26 Å². The van der Waals surface area contributed by atoms with Crippen molar-refractivity contribution in [1.82, 2.24) is 0 Å². The van der Waals surface area contributed by atoms with Gasteiger partial charge in [-0.3, -0.25) is 0 Å². The van der Waals surface area contributed by atoms with Crippen LogP contribution in [0.3, 0.4) is 0 Å². The average Bonchev–Trinajstić information content (AvgIpc) is 2.40. The molecule has 2 aromatic rings. The van der Waals surface area contributed by atoms with E-state index in [9.17, 15) is 0 Å². The Bertz CT molecular complexity index is 650. The van der Waals surface area contributed by atoms with Crippen LogP contribution in [0.2, 0.25) is 10.0 Å². The molecule has 5 heteroatoms. The van der Waals surface area contributed by atoms with Crippen molar-refractivity contribution in [2.45, 2.75) is 6.54 Å². The molecule has 0 spiro atoms. The zero-order valence-electron chi connectivity index (χ0n) is 9.75. The van der Waals surface area contributed by atoms with Gasteiger partial charge in [0.25, 0.3) is 0 Å². The number of hydrogen-bond acceptors (Lipinski definition) is 2. The minimum absolute atomic E-state index is 0.504. The maximum Gasteiger partial charge on any atom is 0.101 e. The molecular weight excluding hydrogens is 347 g/mol. The van der Waals surface area contributed by atoms with Crippen molar-refractivity contribution in [3.63, 3.8) is 0 Å². The van der Waals surface area contributed by atoms with Crippen molar-refractivity contribution >= 4 is 44.8 Å². The smallest absolute Gasteiger partial charge is 0.101 e. The number of benzene rings is 2. The number of halogens is 3. The maximum atomic E-state index is 9.05. The Kier molecular flexibility index (Phi) is 4.71. The highest BCUT2D eigenvalue weighted by Gasteiger charge is 2.06. The molecule has 0 bridgehead atoms. The Morgan fingerprint density at radius 2 is 2.00 bits per heavy atom. The van der Waals surface area contributed by atoms with E-state index in [-0.39, 0.29) is 0 Å². The number of nitrogens with zero attached hydrogens (tertiary/aromatic N) is 1. The Morgan fingerprint density at radius 1 is 1.21 bits per heavy atom. The van der Waals surface area contributed by atoms with Crippen LogP contribution in [0.1, 0.15) is 11.1 Å². The molecule has 0 unspecified atom stereocenters. The standard InChI is InChI=1S/C14H9BrCl2N2/c15-11-5-4-9(7-18)13(6-11)19-8-10-2-1-3-12(16)14(10)17/h1-6,19H,8H2. The lowest BCUT2D eigenvalue weighted by Crippen LogP contribution is -2.02. The van der Waals surface area contributed by atoms with Crippen LogP contribution in [-0.2, 0) is 6.54 Å². The second kappa shape index (κ2) is 6.29. The summed E-state index contributed by atoms with van der Waals surface area (Å²) in [5, 5.41) is 13.3. The maximum absolute atomic E-state index is 9.05. The highest BCUT2D eigenvalue weighted by atomic mass is 79.9. The van der Waals surface area contributed by atoms with Crippen LogP contribution in [0.25, 0.3) is 0 Å². The van der Waals surface area contributed by atoms with Gasteiger partial charge in [0.15, 0.2) is 0 Å². The molecule has 0 fully saturated rings. The fourth-order valence-corrected chi connectivity index (χ4v) is 2.38. The van der Waals surface area contributed by atoms with Crippen LogP contribution in [0, 0.1) is 11.3 Å². The van der Waals surface area contributed by atoms with Gasteiger partial charge in [0.1, 0.15) is 6.07 Å². The monoisotopic (exact) mass is 354 g/mol. The van der Waals surface area contributed by atoms with Gasteiger partial charge in [-0.1, -0.05) is 51.3 Å². The Hall–Kier alpha value is -1.21. The van der Waals surface area contributed by atoms with Crippen LogP contribution >= 0.6 is 39.1 Å². The molecule has 2 nitrogen and oxygen atoms in total. The fraction of sp³-hybridized carbons (Fsp3) is 0.0714. The van der Waals surface area contributed by atoms with E-state index in [4.69, 9.17) is 28.5 Å². The second-order valence-electron chi connectivity index (χ2n) is 3.87. The Morgan fingerprint density at radius 3 is 2.74 bits per heavy atom. The molecule has 19 heavy (non-hydrogen) atoms. The van der Waals surface area contributed by atoms with Crippen molar-refractivity contribution in [2.24, 2.45) is 0 Å². The van der Waals surface area contributed by atoms with E-state index in [0.29, 0.717) is 22.2 Å². The van der Waals surface area contributed by atoms with Crippen LogP contribution in [0.5, 0.6) is 0 Å². The first kappa shape index (κ1) is 14.2. The van der Waals surface area contributed by atoms with Crippen molar-refractivity contribution < 1.29 is 0 Å². The largest absolute Gasteiger partial charge is 0.380 e. The first-order chi connectivity index (χ1) is 9.11. The summed E-state index contributed by atoms with van der Waals surface area (Å²) in [6, 6.07) is 13.1.